The first-order valence-corrected chi connectivity index (χ1v) is 13.8. The van der Waals surface area contributed by atoms with Gasteiger partial charge in [-0.3, -0.25) is 4.79 Å². The lowest BCUT2D eigenvalue weighted by Crippen LogP contribution is -2.71. The number of methoxy groups -OCH3 is 1. The fraction of sp³-hybridized carbons (Fsp3) is 0.645. The summed E-state index contributed by atoms with van der Waals surface area (Å²) >= 11 is 0. The second-order valence-corrected chi connectivity index (χ2v) is 13.1. The third-order valence-corrected chi connectivity index (χ3v) is 11.0. The van der Waals surface area contributed by atoms with E-state index in [9.17, 15) is 15.0 Å². The minimum absolute atomic E-state index is 0.0398. The summed E-state index contributed by atoms with van der Waals surface area (Å²) in [5, 5.41) is 24.0. The molecule has 3 fully saturated rings. The molecule has 6 rings (SSSR count). The number of hydrogen-bond acceptors (Lipinski definition) is 7. The van der Waals surface area contributed by atoms with Crippen molar-refractivity contribution in [3.05, 3.63) is 41.3 Å². The van der Waals surface area contributed by atoms with E-state index in [0.717, 1.165) is 34.4 Å². The number of fused-ring (bicyclic) bond motifs is 4. The average Bonchev–Trinajstić information content (AvgIpc) is 3.60. The number of furan rings is 1. The van der Waals surface area contributed by atoms with Crippen LogP contribution in [0.5, 0.6) is 5.75 Å². The number of benzene rings is 1. The van der Waals surface area contributed by atoms with Crippen molar-refractivity contribution in [2.24, 2.45) is 28.6 Å². The number of carbonyl (C=O) groups excluding carboxylic acids is 1. The van der Waals surface area contributed by atoms with Crippen molar-refractivity contribution >= 4 is 5.97 Å². The van der Waals surface area contributed by atoms with Crippen LogP contribution in [0.25, 0.3) is 11.1 Å². The Hall–Kier alpha value is -2.35. The van der Waals surface area contributed by atoms with Gasteiger partial charge in [0.1, 0.15) is 11.9 Å². The van der Waals surface area contributed by atoms with Crippen molar-refractivity contribution in [3.8, 4) is 16.9 Å². The maximum absolute atomic E-state index is 12.6. The van der Waals surface area contributed by atoms with Crippen LogP contribution in [0.4, 0.5) is 0 Å². The Morgan fingerprint density at radius 3 is 2.58 bits per heavy atom. The first-order chi connectivity index (χ1) is 17.9. The van der Waals surface area contributed by atoms with Gasteiger partial charge >= 0.3 is 5.97 Å². The minimum atomic E-state index is -0.788. The summed E-state index contributed by atoms with van der Waals surface area (Å²) in [6, 6.07) is 4.01. The van der Waals surface area contributed by atoms with Crippen LogP contribution in [-0.2, 0) is 26.1 Å². The van der Waals surface area contributed by atoms with Crippen molar-refractivity contribution in [1.29, 1.82) is 0 Å². The lowest BCUT2D eigenvalue weighted by atomic mass is 9.41. The van der Waals surface area contributed by atoms with Crippen LogP contribution in [0.1, 0.15) is 57.7 Å². The van der Waals surface area contributed by atoms with Crippen LogP contribution < -0.4 is 4.74 Å². The maximum Gasteiger partial charge on any atom is 0.308 e. The Morgan fingerprint density at radius 2 is 1.95 bits per heavy atom. The van der Waals surface area contributed by atoms with Crippen molar-refractivity contribution in [3.63, 3.8) is 0 Å². The van der Waals surface area contributed by atoms with Gasteiger partial charge in [0, 0.05) is 39.7 Å². The zero-order chi connectivity index (χ0) is 27.4. The molecule has 1 saturated heterocycles. The van der Waals surface area contributed by atoms with Crippen molar-refractivity contribution in [2.75, 3.05) is 13.7 Å². The van der Waals surface area contributed by atoms with Crippen LogP contribution in [0.2, 0.25) is 0 Å². The van der Waals surface area contributed by atoms with Gasteiger partial charge in [0.25, 0.3) is 0 Å². The second kappa shape index (κ2) is 8.33. The molecule has 2 N–H and O–H groups in total. The summed E-state index contributed by atoms with van der Waals surface area (Å²) in [6.07, 6.45) is 2.03. The molecule has 3 aliphatic carbocycles. The number of carbonyl (C=O) groups is 1. The lowest BCUT2D eigenvalue weighted by Gasteiger charge is -2.64. The van der Waals surface area contributed by atoms with E-state index in [1.807, 2.05) is 19.9 Å². The SMILES string of the molecule is COc1cc2c(c(C)c1-c1ccoc1)C[C@H]1[C@@]2(C)[C@H](O)[C@@H]2OC[C@]3(C)[C@@H](OC(=O)C(C)C)C[C@H](O)[C@@]1(C)[C@@H]23. The molecule has 0 spiro atoms. The summed E-state index contributed by atoms with van der Waals surface area (Å²) in [5.41, 5.74) is 3.60. The predicted octanol–water partition coefficient (Wildman–Crippen LogP) is 4.43. The molecule has 9 atom stereocenters. The van der Waals surface area contributed by atoms with E-state index in [1.165, 1.54) is 5.56 Å². The molecule has 7 nitrogen and oxygen atoms in total. The Bertz CT molecular complexity index is 1270. The molecule has 4 aliphatic rings. The van der Waals surface area contributed by atoms with Gasteiger partial charge in [0.15, 0.2) is 0 Å². The highest BCUT2D eigenvalue weighted by Gasteiger charge is 2.75. The lowest BCUT2D eigenvalue weighted by molar-refractivity contribution is -0.237. The number of aliphatic hydroxyl groups is 2. The topological polar surface area (TPSA) is 98.4 Å². The van der Waals surface area contributed by atoms with Crippen LogP contribution in [0, 0.1) is 35.5 Å². The number of esters is 1. The minimum Gasteiger partial charge on any atom is -0.496 e. The summed E-state index contributed by atoms with van der Waals surface area (Å²) in [7, 11) is 1.67. The third-order valence-electron chi connectivity index (χ3n) is 11.0. The van der Waals surface area contributed by atoms with Crippen LogP contribution in [-0.4, -0.2) is 54.3 Å². The van der Waals surface area contributed by atoms with Crippen LogP contribution >= 0.6 is 0 Å². The number of ether oxygens (including phenoxy) is 3. The van der Waals surface area contributed by atoms with Crippen molar-refractivity contribution < 1.29 is 33.6 Å². The Balaban J connectivity index is 1.49. The molecular formula is C31H40O7. The summed E-state index contributed by atoms with van der Waals surface area (Å²) in [5.74, 6) is 0.0169. The predicted molar refractivity (Wildman–Crippen MR) is 141 cm³/mol. The molecule has 0 amide bonds. The molecule has 38 heavy (non-hydrogen) atoms. The first-order valence-electron chi connectivity index (χ1n) is 13.8. The molecule has 1 aromatic heterocycles. The zero-order valence-electron chi connectivity index (χ0n) is 23.4. The van der Waals surface area contributed by atoms with Crippen molar-refractivity contribution in [2.45, 2.75) is 84.2 Å². The average molecular weight is 525 g/mol. The summed E-state index contributed by atoms with van der Waals surface area (Å²) in [6.45, 7) is 12.6. The fourth-order valence-electron chi connectivity index (χ4n) is 8.98. The van der Waals surface area contributed by atoms with Crippen molar-refractivity contribution in [1.82, 2.24) is 0 Å². The van der Waals surface area contributed by atoms with E-state index < -0.39 is 40.7 Å². The summed E-state index contributed by atoms with van der Waals surface area (Å²) in [4.78, 5) is 12.6. The van der Waals surface area contributed by atoms with Gasteiger partial charge < -0.3 is 28.8 Å². The van der Waals surface area contributed by atoms with Gasteiger partial charge in [-0.25, -0.2) is 0 Å². The highest BCUT2D eigenvalue weighted by molar-refractivity contribution is 5.77. The van der Waals surface area contributed by atoms with Crippen LogP contribution in [0.15, 0.2) is 29.1 Å². The van der Waals surface area contributed by atoms with Gasteiger partial charge in [-0.05, 0) is 48.1 Å². The second-order valence-electron chi connectivity index (χ2n) is 13.1. The highest BCUT2D eigenvalue weighted by atomic mass is 16.6. The van der Waals surface area contributed by atoms with E-state index in [1.54, 1.807) is 19.6 Å². The maximum atomic E-state index is 12.6. The zero-order valence-corrected chi connectivity index (χ0v) is 23.4. The quantitative estimate of drug-likeness (QED) is 0.571. The molecule has 2 saturated carbocycles. The first kappa shape index (κ1) is 25.9. The van der Waals surface area contributed by atoms with Gasteiger partial charge in [-0.15, -0.1) is 0 Å². The highest BCUT2D eigenvalue weighted by Crippen LogP contribution is 2.71. The smallest absolute Gasteiger partial charge is 0.308 e. The standard InChI is InChI=1S/C31H40O7/c1-15(2)28(34)38-23-12-22(32)31(6)21-10-18-16(3)24(17-8-9-36-13-17)20(35-7)11-19(18)30(21,5)27(33)25-26(31)29(23,4)14-37-25/h8-9,11,13,15,21-23,25-27,32-33H,10,12,14H2,1-7H3/t21-,22-,23-,25+,26-,27+,29+,30-,31-/m0/s1. The van der Waals surface area contributed by atoms with Crippen LogP contribution in [0.3, 0.4) is 0 Å². The molecule has 7 heteroatoms. The molecule has 2 aromatic rings. The molecule has 2 heterocycles. The van der Waals surface area contributed by atoms with Gasteiger partial charge in [-0.1, -0.05) is 34.6 Å². The fourth-order valence-corrected chi connectivity index (χ4v) is 8.98. The molecule has 0 unspecified atom stereocenters. The summed E-state index contributed by atoms with van der Waals surface area (Å²) < 4.78 is 23.7. The van der Waals surface area contributed by atoms with Gasteiger partial charge in [-0.2, -0.15) is 0 Å². The molecule has 1 aromatic carbocycles. The molecule has 0 radical (unpaired) electrons. The largest absolute Gasteiger partial charge is 0.496 e. The molecule has 1 aliphatic heterocycles. The molecule has 206 valence electrons. The van der Waals surface area contributed by atoms with E-state index in [4.69, 9.17) is 18.6 Å². The van der Waals surface area contributed by atoms with Gasteiger partial charge in [0.05, 0.1) is 50.5 Å². The number of rotatable bonds is 4. The number of aliphatic hydroxyl groups excluding tert-OH is 2. The Kier molecular flexibility index (Phi) is 5.67. The Labute approximate surface area is 224 Å². The number of hydrogen-bond donors (Lipinski definition) is 2. The monoisotopic (exact) mass is 524 g/mol. The van der Waals surface area contributed by atoms with E-state index in [-0.39, 0.29) is 23.7 Å². The third kappa shape index (κ3) is 3.04. The van der Waals surface area contributed by atoms with E-state index in [0.29, 0.717) is 13.0 Å². The molecular weight excluding hydrogens is 484 g/mol. The normalized spacial score (nSPS) is 41.0. The van der Waals surface area contributed by atoms with Gasteiger partial charge in [0.2, 0.25) is 0 Å². The molecule has 0 bridgehead atoms. The van der Waals surface area contributed by atoms with E-state index >= 15 is 0 Å². The Morgan fingerprint density at radius 1 is 1.21 bits per heavy atom. The van der Waals surface area contributed by atoms with E-state index in [2.05, 4.69) is 33.8 Å².